The van der Waals surface area contributed by atoms with Gasteiger partial charge in [-0.2, -0.15) is 0 Å². The second-order valence-corrected chi connectivity index (χ2v) is 4.79. The Bertz CT molecular complexity index is 402. The van der Waals surface area contributed by atoms with Crippen molar-refractivity contribution in [2.45, 2.75) is 6.54 Å². The van der Waals surface area contributed by atoms with Crippen LogP contribution in [0.25, 0.3) is 0 Å². The summed E-state index contributed by atoms with van der Waals surface area (Å²) in [6.07, 6.45) is 1.33. The maximum absolute atomic E-state index is 10.6. The molecule has 0 aromatic carbocycles. The summed E-state index contributed by atoms with van der Waals surface area (Å²) in [6.45, 7) is 0.719. The monoisotopic (exact) mass is 231 g/mol. The Labute approximate surface area is 88.2 Å². The van der Waals surface area contributed by atoms with Crippen molar-refractivity contribution < 1.29 is 13.5 Å². The van der Waals surface area contributed by atoms with Gasteiger partial charge in [0.1, 0.15) is 5.75 Å². The van der Waals surface area contributed by atoms with Crippen LogP contribution >= 0.6 is 0 Å². The minimum atomic E-state index is -3.41. The molecule has 0 aliphatic rings. The normalized spacial score (nSPS) is 11.5. The van der Waals surface area contributed by atoms with Crippen molar-refractivity contribution >= 4 is 10.0 Å². The number of pyridine rings is 1. The van der Waals surface area contributed by atoms with E-state index >= 15 is 0 Å². The van der Waals surface area contributed by atoms with E-state index in [1.165, 1.54) is 12.3 Å². The Kier molecular flexibility index (Phi) is 4.01. The predicted octanol–water partition coefficient (Wildman–Crippen LogP) is -0.835. The van der Waals surface area contributed by atoms with Crippen LogP contribution in [0, 0.1) is 0 Å². The smallest absolute Gasteiger partial charge is 0.210 e. The summed E-state index contributed by atoms with van der Waals surface area (Å²) in [5.41, 5.74) is 0.724. The lowest BCUT2D eigenvalue weighted by Gasteiger charge is -2.03. The van der Waals surface area contributed by atoms with Gasteiger partial charge >= 0.3 is 0 Å². The molecular formula is C8H13N3O3S. The first-order valence-corrected chi connectivity index (χ1v) is 6.04. The van der Waals surface area contributed by atoms with Crippen molar-refractivity contribution in [3.05, 3.63) is 24.0 Å². The fraction of sp³-hybridized carbons (Fsp3) is 0.375. The van der Waals surface area contributed by atoms with E-state index in [1.807, 2.05) is 0 Å². The molecule has 0 bridgehead atoms. The van der Waals surface area contributed by atoms with Gasteiger partial charge in [-0.15, -0.1) is 0 Å². The van der Waals surface area contributed by atoms with Gasteiger partial charge in [-0.3, -0.25) is 4.98 Å². The van der Waals surface area contributed by atoms with Gasteiger partial charge in [-0.1, -0.05) is 0 Å². The number of nitrogens with one attached hydrogen (secondary N) is 1. The van der Waals surface area contributed by atoms with Crippen LogP contribution < -0.4 is 10.5 Å². The minimum Gasteiger partial charge on any atom is -0.506 e. The molecule has 15 heavy (non-hydrogen) atoms. The maximum Gasteiger partial charge on any atom is 0.210 e. The summed E-state index contributed by atoms with van der Waals surface area (Å²) in [5, 5.41) is 16.6. The first kappa shape index (κ1) is 11.9. The van der Waals surface area contributed by atoms with Crippen LogP contribution in [-0.4, -0.2) is 30.8 Å². The van der Waals surface area contributed by atoms with E-state index < -0.39 is 10.0 Å². The number of hydrogen-bond donors (Lipinski definition) is 3. The van der Waals surface area contributed by atoms with Crippen LogP contribution in [0.2, 0.25) is 0 Å². The zero-order valence-electron chi connectivity index (χ0n) is 8.05. The lowest BCUT2D eigenvalue weighted by atomic mass is 10.3. The molecule has 0 saturated carbocycles. The number of nitrogens with two attached hydrogens (primary N) is 1. The Morgan fingerprint density at radius 3 is 2.73 bits per heavy atom. The number of sulfonamides is 1. The molecule has 0 atom stereocenters. The molecule has 0 unspecified atom stereocenters. The van der Waals surface area contributed by atoms with E-state index in [0.29, 0.717) is 6.54 Å². The Morgan fingerprint density at radius 2 is 2.20 bits per heavy atom. The van der Waals surface area contributed by atoms with Gasteiger partial charge in [0.05, 0.1) is 17.6 Å². The molecule has 0 amide bonds. The Hall–Kier alpha value is -1.18. The fourth-order valence-corrected chi connectivity index (χ4v) is 1.38. The molecule has 7 heteroatoms. The van der Waals surface area contributed by atoms with Gasteiger partial charge in [0, 0.05) is 13.1 Å². The third-order valence-electron chi connectivity index (χ3n) is 1.68. The number of primary sulfonamides is 1. The molecule has 0 aliphatic heterocycles. The third-order valence-corrected chi connectivity index (χ3v) is 2.45. The predicted molar refractivity (Wildman–Crippen MR) is 55.6 cm³/mol. The summed E-state index contributed by atoms with van der Waals surface area (Å²) in [5.74, 6) is -0.00580. The molecule has 0 fully saturated rings. The molecular weight excluding hydrogens is 218 g/mol. The summed E-state index contributed by atoms with van der Waals surface area (Å²) < 4.78 is 21.2. The summed E-state index contributed by atoms with van der Waals surface area (Å²) in [4.78, 5) is 3.92. The van der Waals surface area contributed by atoms with Crippen LogP contribution in [0.5, 0.6) is 5.75 Å². The van der Waals surface area contributed by atoms with Crippen molar-refractivity contribution in [3.63, 3.8) is 0 Å². The topological polar surface area (TPSA) is 105 Å². The van der Waals surface area contributed by atoms with Gasteiger partial charge in [-0.05, 0) is 12.1 Å². The number of nitrogens with zero attached hydrogens (tertiary/aromatic N) is 1. The lowest BCUT2D eigenvalue weighted by Crippen LogP contribution is -2.27. The lowest BCUT2D eigenvalue weighted by molar-refractivity contribution is 0.472. The Balaban J connectivity index is 2.29. The maximum atomic E-state index is 10.6. The number of aromatic hydroxyl groups is 1. The van der Waals surface area contributed by atoms with E-state index in [0.717, 1.165) is 5.69 Å². The standard InChI is InChI=1S/C8H13N3O3S/c9-15(13,14)4-3-10-5-7-1-2-8(12)6-11-7/h1-2,6,10,12H,3-5H2,(H2,9,13,14). The highest BCUT2D eigenvalue weighted by atomic mass is 32.2. The fourth-order valence-electron chi connectivity index (χ4n) is 0.952. The quantitative estimate of drug-likeness (QED) is 0.573. The van der Waals surface area contributed by atoms with Gasteiger partial charge in [-0.25, -0.2) is 13.6 Å². The largest absolute Gasteiger partial charge is 0.506 e. The second kappa shape index (κ2) is 5.06. The number of rotatable bonds is 5. The molecule has 4 N–H and O–H groups in total. The molecule has 1 heterocycles. The van der Waals surface area contributed by atoms with E-state index in [-0.39, 0.29) is 18.0 Å². The van der Waals surface area contributed by atoms with Crippen molar-refractivity contribution in [1.29, 1.82) is 0 Å². The SMILES string of the molecule is NS(=O)(=O)CCNCc1ccc(O)cn1. The first-order chi connectivity index (χ1) is 6.97. The highest BCUT2D eigenvalue weighted by Crippen LogP contribution is 2.05. The number of aromatic nitrogens is 1. The summed E-state index contributed by atoms with van der Waals surface area (Å²) >= 11 is 0. The van der Waals surface area contributed by atoms with Crippen molar-refractivity contribution in [3.8, 4) is 5.75 Å². The molecule has 1 rings (SSSR count). The second-order valence-electron chi connectivity index (χ2n) is 3.05. The Morgan fingerprint density at radius 1 is 1.47 bits per heavy atom. The van der Waals surface area contributed by atoms with Gasteiger partial charge < -0.3 is 10.4 Å². The minimum absolute atomic E-state index is 0.100. The van der Waals surface area contributed by atoms with E-state index in [9.17, 15) is 8.42 Å². The van der Waals surface area contributed by atoms with Crippen molar-refractivity contribution in [2.75, 3.05) is 12.3 Å². The van der Waals surface area contributed by atoms with Crippen LogP contribution in [-0.2, 0) is 16.6 Å². The van der Waals surface area contributed by atoms with Crippen molar-refractivity contribution in [1.82, 2.24) is 10.3 Å². The molecule has 6 nitrogen and oxygen atoms in total. The van der Waals surface area contributed by atoms with E-state index in [2.05, 4.69) is 10.3 Å². The summed E-state index contributed by atoms with van der Waals surface area (Å²) in [7, 11) is -3.41. The highest BCUT2D eigenvalue weighted by Gasteiger charge is 2.01. The third kappa shape index (κ3) is 5.31. The van der Waals surface area contributed by atoms with Gasteiger partial charge in [0.25, 0.3) is 0 Å². The van der Waals surface area contributed by atoms with Crippen LogP contribution in [0.3, 0.4) is 0 Å². The first-order valence-electron chi connectivity index (χ1n) is 4.32. The molecule has 1 aromatic heterocycles. The van der Waals surface area contributed by atoms with Crippen LogP contribution in [0.1, 0.15) is 5.69 Å². The zero-order chi connectivity index (χ0) is 11.3. The average molecular weight is 231 g/mol. The van der Waals surface area contributed by atoms with Crippen LogP contribution in [0.15, 0.2) is 18.3 Å². The molecule has 0 spiro atoms. The van der Waals surface area contributed by atoms with Gasteiger partial charge in [0.2, 0.25) is 10.0 Å². The molecule has 0 saturated heterocycles. The average Bonchev–Trinajstić information content (AvgIpc) is 2.14. The van der Waals surface area contributed by atoms with Gasteiger partial charge in [0.15, 0.2) is 0 Å². The van der Waals surface area contributed by atoms with E-state index in [1.54, 1.807) is 6.07 Å². The molecule has 0 radical (unpaired) electrons. The zero-order valence-corrected chi connectivity index (χ0v) is 8.87. The number of hydrogen-bond acceptors (Lipinski definition) is 5. The molecule has 1 aromatic rings. The summed E-state index contributed by atoms with van der Waals surface area (Å²) in [6, 6.07) is 3.17. The van der Waals surface area contributed by atoms with E-state index in [4.69, 9.17) is 10.2 Å². The highest BCUT2D eigenvalue weighted by molar-refractivity contribution is 7.89. The van der Waals surface area contributed by atoms with Crippen molar-refractivity contribution in [2.24, 2.45) is 5.14 Å². The molecule has 84 valence electrons. The van der Waals surface area contributed by atoms with Crippen LogP contribution in [0.4, 0.5) is 0 Å². The molecule has 0 aliphatic carbocycles.